The van der Waals surface area contributed by atoms with Crippen molar-refractivity contribution in [1.29, 1.82) is 0 Å². The lowest BCUT2D eigenvalue weighted by Crippen LogP contribution is -1.98. The molecule has 0 fully saturated rings. The number of hydrogen-bond acceptors (Lipinski definition) is 1. The third-order valence-electron chi connectivity index (χ3n) is 7.95. The van der Waals surface area contributed by atoms with E-state index in [4.69, 9.17) is 0 Å². The van der Waals surface area contributed by atoms with Crippen LogP contribution in [0.15, 0.2) is 115 Å². The van der Waals surface area contributed by atoms with Gasteiger partial charge in [-0.05, 0) is 86.0 Å². The first-order valence-electron chi connectivity index (χ1n) is 13.0. The van der Waals surface area contributed by atoms with Crippen molar-refractivity contribution in [2.45, 2.75) is 12.8 Å². The lowest BCUT2D eigenvalue weighted by atomic mass is 9.85. The number of fused-ring (bicyclic) bond motifs is 9. The Morgan fingerprint density at radius 2 is 1.05 bits per heavy atom. The van der Waals surface area contributed by atoms with Gasteiger partial charge in [0.2, 0.25) is 0 Å². The molecule has 0 aliphatic heterocycles. The molecule has 0 unspecified atom stereocenters. The predicted octanol–water partition coefficient (Wildman–Crippen LogP) is 10.7. The summed E-state index contributed by atoms with van der Waals surface area (Å²) in [4.78, 5) is 0. The highest BCUT2D eigenvalue weighted by atomic mass is 32.1. The highest BCUT2D eigenvalue weighted by Crippen LogP contribution is 2.39. The fourth-order valence-electron chi connectivity index (χ4n) is 6.12. The maximum Gasteiger partial charge on any atom is 0.0361 e. The van der Waals surface area contributed by atoms with E-state index >= 15 is 0 Å². The normalized spacial score (nSPS) is 13.1. The highest BCUT2D eigenvalue weighted by molar-refractivity contribution is 7.25. The van der Waals surface area contributed by atoms with E-state index in [2.05, 4.69) is 121 Å². The first kappa shape index (κ1) is 20.9. The molecule has 8 rings (SSSR count). The van der Waals surface area contributed by atoms with Crippen LogP contribution in [-0.4, -0.2) is 0 Å². The van der Waals surface area contributed by atoms with Crippen LogP contribution in [-0.2, 0) is 6.42 Å². The van der Waals surface area contributed by atoms with E-state index in [1.165, 1.54) is 75.1 Å². The van der Waals surface area contributed by atoms with Crippen LogP contribution in [0, 0.1) is 0 Å². The summed E-state index contributed by atoms with van der Waals surface area (Å²) in [7, 11) is 0. The van der Waals surface area contributed by atoms with E-state index in [1.54, 1.807) is 0 Å². The molecule has 1 heteroatoms. The summed E-state index contributed by atoms with van der Waals surface area (Å²) in [6, 6.07) is 40.6. The lowest BCUT2D eigenvalue weighted by Gasteiger charge is -2.18. The van der Waals surface area contributed by atoms with Gasteiger partial charge in [-0.15, -0.1) is 11.3 Å². The van der Waals surface area contributed by atoms with Crippen LogP contribution >= 0.6 is 11.3 Å². The largest absolute Gasteiger partial charge is 0.135 e. The van der Waals surface area contributed by atoms with Crippen LogP contribution in [0.2, 0.25) is 0 Å². The molecule has 7 aromatic rings. The molecule has 37 heavy (non-hydrogen) atoms. The molecule has 174 valence electrons. The first-order valence-corrected chi connectivity index (χ1v) is 13.8. The molecule has 0 spiro atoms. The Bertz CT molecular complexity index is 2020. The smallest absolute Gasteiger partial charge is 0.0361 e. The molecule has 0 nitrogen and oxygen atoms in total. The third kappa shape index (κ3) is 3.28. The van der Waals surface area contributed by atoms with Crippen LogP contribution in [0.5, 0.6) is 0 Å². The highest BCUT2D eigenvalue weighted by Gasteiger charge is 2.15. The van der Waals surface area contributed by atoms with E-state index in [1.807, 2.05) is 11.3 Å². The number of aryl methyl sites for hydroxylation is 1. The van der Waals surface area contributed by atoms with Crippen molar-refractivity contribution in [2.75, 3.05) is 0 Å². The maximum absolute atomic E-state index is 2.41. The van der Waals surface area contributed by atoms with Crippen LogP contribution in [0.4, 0.5) is 0 Å². The summed E-state index contributed by atoms with van der Waals surface area (Å²) in [5, 5.41) is 8.18. The van der Waals surface area contributed by atoms with Gasteiger partial charge in [0, 0.05) is 20.2 Å². The van der Waals surface area contributed by atoms with Gasteiger partial charge in [0.15, 0.2) is 0 Å². The molecule has 1 heterocycles. The Morgan fingerprint density at radius 3 is 1.86 bits per heavy atom. The van der Waals surface area contributed by atoms with Crippen LogP contribution < -0.4 is 0 Å². The van der Waals surface area contributed by atoms with Crippen molar-refractivity contribution in [3.05, 3.63) is 126 Å². The molecule has 0 atom stereocenters. The first-order chi connectivity index (χ1) is 18.3. The Hall–Kier alpha value is -4.20. The van der Waals surface area contributed by atoms with Gasteiger partial charge < -0.3 is 0 Å². The number of hydrogen-bond donors (Lipinski definition) is 0. The van der Waals surface area contributed by atoms with Crippen LogP contribution in [0.25, 0.3) is 70.0 Å². The van der Waals surface area contributed by atoms with Gasteiger partial charge in [-0.1, -0.05) is 103 Å². The summed E-state index contributed by atoms with van der Waals surface area (Å²) in [5.74, 6) is 0. The quantitative estimate of drug-likeness (QED) is 0.212. The Balaban J connectivity index is 1.22. The molecule has 6 aromatic carbocycles. The van der Waals surface area contributed by atoms with Gasteiger partial charge in [-0.3, -0.25) is 0 Å². The molecule has 0 radical (unpaired) electrons. The number of benzene rings is 6. The standard InChI is InChI=1S/C36H24S/c1-2-9-29-27(7-1)28-8-3-4-10-30(28)34-21-25(17-19-31(29)34)23-13-15-24(16-14-23)26-18-20-33-32-11-5-6-12-35(32)37-36(33)22-26/h1-3,5-9,11-22H,4,10H2. The molecule has 0 saturated carbocycles. The minimum Gasteiger partial charge on any atom is -0.135 e. The van der Waals surface area contributed by atoms with Gasteiger partial charge in [-0.25, -0.2) is 0 Å². The van der Waals surface area contributed by atoms with Gasteiger partial charge in [0.25, 0.3) is 0 Å². The summed E-state index contributed by atoms with van der Waals surface area (Å²) in [6.07, 6.45) is 6.87. The zero-order chi connectivity index (χ0) is 24.3. The second-order valence-corrected chi connectivity index (χ2v) is 11.1. The molecule has 0 bridgehead atoms. The Kier molecular flexibility index (Phi) is 4.62. The molecule has 1 aromatic heterocycles. The monoisotopic (exact) mass is 488 g/mol. The maximum atomic E-state index is 2.41. The summed E-state index contributed by atoms with van der Waals surface area (Å²) in [5.41, 5.74) is 7.98. The van der Waals surface area contributed by atoms with Crippen molar-refractivity contribution >= 4 is 59.1 Å². The van der Waals surface area contributed by atoms with Gasteiger partial charge in [0.1, 0.15) is 0 Å². The SMILES string of the molecule is C1=Cc2c(c3cc(-c4ccc(-c5ccc6c(c5)sc5ccccc56)cc4)ccc3c3ccccc23)CC1. The summed E-state index contributed by atoms with van der Waals surface area (Å²) in [6.45, 7) is 0. The van der Waals surface area contributed by atoms with Gasteiger partial charge in [-0.2, -0.15) is 0 Å². The molecule has 1 aliphatic rings. The minimum atomic E-state index is 1.11. The molecule has 0 saturated heterocycles. The predicted molar refractivity (Wildman–Crippen MR) is 163 cm³/mol. The van der Waals surface area contributed by atoms with Crippen molar-refractivity contribution in [3.63, 3.8) is 0 Å². The Morgan fingerprint density at radius 1 is 0.459 bits per heavy atom. The van der Waals surface area contributed by atoms with Gasteiger partial charge in [0.05, 0.1) is 0 Å². The number of thiophene rings is 1. The number of allylic oxidation sites excluding steroid dienone is 1. The molecule has 0 amide bonds. The van der Waals surface area contributed by atoms with Crippen molar-refractivity contribution in [1.82, 2.24) is 0 Å². The van der Waals surface area contributed by atoms with Crippen LogP contribution in [0.1, 0.15) is 17.5 Å². The Labute approximate surface area is 220 Å². The van der Waals surface area contributed by atoms with Crippen LogP contribution in [0.3, 0.4) is 0 Å². The molecular formula is C36H24S. The van der Waals surface area contributed by atoms with E-state index in [9.17, 15) is 0 Å². The topological polar surface area (TPSA) is 0 Å². The summed E-state index contributed by atoms with van der Waals surface area (Å²) >= 11 is 1.88. The fourth-order valence-corrected chi connectivity index (χ4v) is 7.26. The van der Waals surface area contributed by atoms with Crippen molar-refractivity contribution < 1.29 is 0 Å². The zero-order valence-electron chi connectivity index (χ0n) is 20.4. The minimum absolute atomic E-state index is 1.11. The van der Waals surface area contributed by atoms with E-state index in [0.29, 0.717) is 0 Å². The third-order valence-corrected chi connectivity index (χ3v) is 9.09. The molecular weight excluding hydrogens is 464 g/mol. The van der Waals surface area contributed by atoms with E-state index in [-0.39, 0.29) is 0 Å². The number of rotatable bonds is 2. The lowest BCUT2D eigenvalue weighted by molar-refractivity contribution is 1.00. The van der Waals surface area contributed by atoms with E-state index in [0.717, 1.165) is 12.8 Å². The molecule has 1 aliphatic carbocycles. The average Bonchev–Trinajstić information content (AvgIpc) is 3.35. The average molecular weight is 489 g/mol. The van der Waals surface area contributed by atoms with Gasteiger partial charge >= 0.3 is 0 Å². The fraction of sp³-hybridized carbons (Fsp3) is 0.0556. The second-order valence-electron chi connectivity index (χ2n) is 10.0. The van der Waals surface area contributed by atoms with E-state index < -0.39 is 0 Å². The van der Waals surface area contributed by atoms with Crippen molar-refractivity contribution in [3.8, 4) is 22.3 Å². The molecule has 0 N–H and O–H groups in total. The van der Waals surface area contributed by atoms with Crippen molar-refractivity contribution in [2.24, 2.45) is 0 Å². The second kappa shape index (κ2) is 8.16. The zero-order valence-corrected chi connectivity index (χ0v) is 21.2. The summed E-state index contributed by atoms with van der Waals surface area (Å²) < 4.78 is 2.70.